The monoisotopic (exact) mass is 418 g/mol. The second kappa shape index (κ2) is 8.28. The number of carbonyl (C=O) groups excluding carboxylic acids is 2. The minimum absolute atomic E-state index is 0.0565. The van der Waals surface area contributed by atoms with Gasteiger partial charge < -0.3 is 10.1 Å². The normalized spacial score (nSPS) is 11.6. The second-order valence-electron chi connectivity index (χ2n) is 5.20. The first-order valence-electron chi connectivity index (χ1n) is 7.20. The van der Waals surface area contributed by atoms with Crippen molar-refractivity contribution < 1.29 is 28.0 Å². The van der Waals surface area contributed by atoms with Crippen molar-refractivity contribution in [3.8, 4) is 0 Å². The minimum Gasteiger partial charge on any atom is -0.449 e. The molecular weight excluding hydrogens is 409 g/mol. The van der Waals surface area contributed by atoms with Gasteiger partial charge >= 0.3 is 5.97 Å². The van der Waals surface area contributed by atoms with Crippen LogP contribution < -0.4 is 5.32 Å². The molecule has 27 heavy (non-hydrogen) atoms. The summed E-state index contributed by atoms with van der Waals surface area (Å²) in [6.45, 7) is 1.22. The van der Waals surface area contributed by atoms with E-state index in [0.717, 1.165) is 12.1 Å². The molecule has 0 saturated heterocycles. The lowest BCUT2D eigenvalue weighted by Crippen LogP contribution is -2.30. The Kier molecular flexibility index (Phi) is 6.29. The summed E-state index contributed by atoms with van der Waals surface area (Å²) in [5, 5.41) is 12.5. The number of nitrogens with zero attached hydrogens (tertiary/aromatic N) is 1. The van der Waals surface area contributed by atoms with E-state index in [1.54, 1.807) is 0 Å². The number of non-ortho nitro benzene ring substituents is 1. The van der Waals surface area contributed by atoms with E-state index in [-0.39, 0.29) is 21.4 Å². The Hall–Kier alpha value is -2.78. The van der Waals surface area contributed by atoms with Gasteiger partial charge in [0, 0.05) is 12.1 Å². The highest BCUT2D eigenvalue weighted by molar-refractivity contribution is 6.34. The molecule has 11 heteroatoms. The van der Waals surface area contributed by atoms with Crippen LogP contribution in [-0.4, -0.2) is 22.9 Å². The van der Waals surface area contributed by atoms with E-state index in [9.17, 15) is 28.5 Å². The summed E-state index contributed by atoms with van der Waals surface area (Å²) in [7, 11) is 0. The van der Waals surface area contributed by atoms with Gasteiger partial charge in [0.25, 0.3) is 11.6 Å². The van der Waals surface area contributed by atoms with Gasteiger partial charge in [0.15, 0.2) is 17.7 Å². The molecule has 2 aromatic rings. The van der Waals surface area contributed by atoms with Crippen LogP contribution >= 0.6 is 23.2 Å². The maximum atomic E-state index is 13.3. The van der Waals surface area contributed by atoms with Gasteiger partial charge in [0.05, 0.1) is 26.2 Å². The quantitative estimate of drug-likeness (QED) is 0.336. The molecule has 0 heterocycles. The summed E-state index contributed by atoms with van der Waals surface area (Å²) in [5.74, 6) is -4.49. The van der Waals surface area contributed by atoms with Crippen LogP contribution in [0.25, 0.3) is 0 Å². The Morgan fingerprint density at radius 3 is 2.37 bits per heavy atom. The molecule has 0 bridgehead atoms. The molecule has 0 aliphatic carbocycles. The van der Waals surface area contributed by atoms with E-state index in [1.807, 2.05) is 0 Å². The number of rotatable bonds is 5. The summed E-state index contributed by atoms with van der Waals surface area (Å²) in [6.07, 6.45) is -1.35. The van der Waals surface area contributed by atoms with Gasteiger partial charge in [-0.05, 0) is 25.1 Å². The third-order valence-corrected chi connectivity index (χ3v) is 3.93. The molecule has 7 nitrogen and oxygen atoms in total. The predicted molar refractivity (Wildman–Crippen MR) is 93.0 cm³/mol. The number of halogens is 4. The molecule has 1 atom stereocenters. The van der Waals surface area contributed by atoms with Crippen LogP contribution in [0, 0.1) is 21.7 Å². The summed E-state index contributed by atoms with van der Waals surface area (Å²) in [5.41, 5.74) is -0.671. The van der Waals surface area contributed by atoms with E-state index < -0.39 is 40.1 Å². The van der Waals surface area contributed by atoms with Crippen molar-refractivity contribution in [3.05, 3.63) is 67.7 Å². The van der Waals surface area contributed by atoms with E-state index in [0.29, 0.717) is 12.1 Å². The first-order chi connectivity index (χ1) is 12.6. The van der Waals surface area contributed by atoms with Gasteiger partial charge in [-0.25, -0.2) is 13.6 Å². The molecule has 0 aliphatic rings. The average molecular weight is 419 g/mol. The van der Waals surface area contributed by atoms with E-state index in [1.165, 1.54) is 13.0 Å². The zero-order valence-corrected chi connectivity index (χ0v) is 15.0. The largest absolute Gasteiger partial charge is 0.449 e. The average Bonchev–Trinajstić information content (AvgIpc) is 2.59. The summed E-state index contributed by atoms with van der Waals surface area (Å²) >= 11 is 11.5. The molecule has 1 N–H and O–H groups in total. The fraction of sp³-hybridized carbons (Fsp3) is 0.125. The molecule has 1 unspecified atom stereocenters. The highest BCUT2D eigenvalue weighted by atomic mass is 35.5. The van der Waals surface area contributed by atoms with Crippen molar-refractivity contribution in [2.75, 3.05) is 5.32 Å². The van der Waals surface area contributed by atoms with E-state index in [4.69, 9.17) is 27.9 Å². The molecule has 0 aliphatic heterocycles. The maximum absolute atomic E-state index is 13.3. The fourth-order valence-electron chi connectivity index (χ4n) is 1.91. The molecule has 0 aromatic heterocycles. The maximum Gasteiger partial charge on any atom is 0.340 e. The van der Waals surface area contributed by atoms with Gasteiger partial charge in [-0.1, -0.05) is 23.2 Å². The molecule has 0 saturated carbocycles. The minimum atomic E-state index is -1.35. The van der Waals surface area contributed by atoms with Crippen molar-refractivity contribution in [1.29, 1.82) is 0 Å². The van der Waals surface area contributed by atoms with Gasteiger partial charge in [0.1, 0.15) is 0 Å². The molecule has 2 rings (SSSR count). The van der Waals surface area contributed by atoms with Crippen LogP contribution in [0.2, 0.25) is 10.0 Å². The van der Waals surface area contributed by atoms with Crippen LogP contribution in [0.5, 0.6) is 0 Å². The van der Waals surface area contributed by atoms with Crippen LogP contribution in [-0.2, 0) is 9.53 Å². The molecule has 0 radical (unpaired) electrons. The Bertz CT molecular complexity index is 939. The van der Waals surface area contributed by atoms with Crippen LogP contribution in [0.4, 0.5) is 20.2 Å². The number of ether oxygens (including phenoxy) is 1. The molecular formula is C16H10Cl2F2N2O5. The number of carbonyl (C=O) groups is 2. The number of hydrogen-bond donors (Lipinski definition) is 1. The van der Waals surface area contributed by atoms with Crippen molar-refractivity contribution in [2.45, 2.75) is 13.0 Å². The predicted octanol–water partition coefficient (Wildman–Crippen LogP) is 4.36. The Morgan fingerprint density at radius 2 is 1.78 bits per heavy atom. The first kappa shape index (κ1) is 20.5. The lowest BCUT2D eigenvalue weighted by molar-refractivity contribution is -0.384. The molecule has 0 fully saturated rings. The lowest BCUT2D eigenvalue weighted by Gasteiger charge is -2.14. The molecule has 0 spiro atoms. The van der Waals surface area contributed by atoms with E-state index in [2.05, 4.69) is 5.32 Å². The zero-order valence-electron chi connectivity index (χ0n) is 13.5. The highest BCUT2D eigenvalue weighted by Crippen LogP contribution is 2.27. The third kappa shape index (κ3) is 4.89. The van der Waals surface area contributed by atoms with Gasteiger partial charge in [-0.15, -0.1) is 0 Å². The molecule has 1 amide bonds. The smallest absolute Gasteiger partial charge is 0.340 e. The summed E-state index contributed by atoms with van der Waals surface area (Å²) in [4.78, 5) is 34.1. The summed E-state index contributed by atoms with van der Waals surface area (Å²) < 4.78 is 31.2. The van der Waals surface area contributed by atoms with Gasteiger partial charge in [0.2, 0.25) is 0 Å². The Labute approximate surface area is 161 Å². The number of benzene rings is 2. The van der Waals surface area contributed by atoms with Crippen molar-refractivity contribution in [3.63, 3.8) is 0 Å². The van der Waals surface area contributed by atoms with Crippen LogP contribution in [0.15, 0.2) is 30.3 Å². The molecule has 142 valence electrons. The number of hydrogen-bond acceptors (Lipinski definition) is 5. The number of anilines is 1. The highest BCUT2D eigenvalue weighted by Gasteiger charge is 2.23. The lowest BCUT2D eigenvalue weighted by atomic mass is 10.2. The summed E-state index contributed by atoms with van der Waals surface area (Å²) in [6, 6.07) is 4.53. The number of nitrogens with one attached hydrogen (secondary N) is 1. The topological polar surface area (TPSA) is 98.5 Å². The number of nitro groups is 1. The number of esters is 1. The molecule has 2 aromatic carbocycles. The zero-order chi connectivity index (χ0) is 20.3. The standard InChI is InChI=1S/C16H10Cl2F2N2O5/c1-7(27-16(24)9-5-12(19)13(20)6-10(9)17)15(23)21-14-3-2-8(22(25)26)4-11(14)18/h2-7H,1H3,(H,21,23). The van der Waals surface area contributed by atoms with Crippen molar-refractivity contribution >= 4 is 46.5 Å². The Morgan fingerprint density at radius 1 is 1.15 bits per heavy atom. The first-order valence-corrected chi connectivity index (χ1v) is 7.96. The van der Waals surface area contributed by atoms with Crippen LogP contribution in [0.3, 0.4) is 0 Å². The van der Waals surface area contributed by atoms with Crippen LogP contribution in [0.1, 0.15) is 17.3 Å². The third-order valence-electron chi connectivity index (χ3n) is 3.30. The number of amides is 1. The fourth-order valence-corrected chi connectivity index (χ4v) is 2.36. The van der Waals surface area contributed by atoms with Crippen molar-refractivity contribution in [1.82, 2.24) is 0 Å². The van der Waals surface area contributed by atoms with Gasteiger partial charge in [-0.2, -0.15) is 0 Å². The van der Waals surface area contributed by atoms with E-state index >= 15 is 0 Å². The van der Waals surface area contributed by atoms with Gasteiger partial charge in [-0.3, -0.25) is 14.9 Å². The van der Waals surface area contributed by atoms with Crippen molar-refractivity contribution in [2.24, 2.45) is 0 Å². The SMILES string of the molecule is CC(OC(=O)c1cc(F)c(F)cc1Cl)C(=O)Nc1ccc([N+](=O)[O-])cc1Cl. The number of nitro benzene ring substituents is 1. The second-order valence-corrected chi connectivity index (χ2v) is 6.02. The Balaban J connectivity index is 2.09.